The largest absolute Gasteiger partial charge is 0.396 e. The quantitative estimate of drug-likeness (QED) is 0.610. The summed E-state index contributed by atoms with van der Waals surface area (Å²) in [4.78, 5) is 0. The molecule has 0 aromatic heterocycles. The third-order valence-electron chi connectivity index (χ3n) is 2.72. The Morgan fingerprint density at radius 2 is 2.14 bits per heavy atom. The summed E-state index contributed by atoms with van der Waals surface area (Å²) in [5.74, 6) is 0. The van der Waals surface area contributed by atoms with Gasteiger partial charge in [0.2, 0.25) is 0 Å². The average Bonchev–Trinajstić information content (AvgIpc) is 2.25. The van der Waals surface area contributed by atoms with E-state index in [1.165, 1.54) is 25.8 Å². The Bertz CT molecular complexity index is 124. The van der Waals surface area contributed by atoms with Gasteiger partial charge in [-0.1, -0.05) is 6.42 Å². The van der Waals surface area contributed by atoms with Crippen molar-refractivity contribution in [2.45, 2.75) is 44.6 Å². The van der Waals surface area contributed by atoms with E-state index in [9.17, 15) is 0 Å². The minimum absolute atomic E-state index is 0.285. The summed E-state index contributed by atoms with van der Waals surface area (Å²) >= 11 is 0. The van der Waals surface area contributed by atoms with Gasteiger partial charge in [0, 0.05) is 25.9 Å². The molecule has 1 heterocycles. The van der Waals surface area contributed by atoms with Crippen LogP contribution in [0.25, 0.3) is 0 Å². The van der Waals surface area contributed by atoms with Crippen LogP contribution in [0.3, 0.4) is 0 Å². The number of hydrogen-bond donors (Lipinski definition) is 2. The molecule has 0 spiro atoms. The number of ether oxygens (including phenoxy) is 1. The summed E-state index contributed by atoms with van der Waals surface area (Å²) in [7, 11) is 0. The minimum atomic E-state index is 0.285. The van der Waals surface area contributed by atoms with Crippen LogP contribution in [0, 0.1) is 0 Å². The van der Waals surface area contributed by atoms with Crippen molar-refractivity contribution in [3.63, 3.8) is 0 Å². The van der Waals surface area contributed by atoms with Crippen molar-refractivity contribution in [3.8, 4) is 0 Å². The first kappa shape index (κ1) is 12.0. The molecule has 0 radical (unpaired) electrons. The highest BCUT2D eigenvalue weighted by Crippen LogP contribution is 2.09. The van der Waals surface area contributed by atoms with Gasteiger partial charge in [-0.25, -0.2) is 0 Å². The predicted molar refractivity (Wildman–Crippen MR) is 57.4 cm³/mol. The molecule has 0 amide bonds. The molecule has 1 atom stereocenters. The van der Waals surface area contributed by atoms with Gasteiger partial charge in [0.1, 0.15) is 0 Å². The standard InChI is InChI=1S/C11H23NO2/c13-8-3-4-9-14-10-6-11-5-1-2-7-12-11/h11-13H,1-10H2. The Morgan fingerprint density at radius 1 is 1.21 bits per heavy atom. The van der Waals surface area contributed by atoms with E-state index in [0.717, 1.165) is 32.5 Å². The molecule has 3 nitrogen and oxygen atoms in total. The first-order valence-corrected chi connectivity index (χ1v) is 5.85. The highest BCUT2D eigenvalue weighted by atomic mass is 16.5. The van der Waals surface area contributed by atoms with Crippen LogP contribution in [0.15, 0.2) is 0 Å². The third kappa shape index (κ3) is 5.58. The van der Waals surface area contributed by atoms with Gasteiger partial charge in [-0.3, -0.25) is 0 Å². The van der Waals surface area contributed by atoms with Gasteiger partial charge in [0.25, 0.3) is 0 Å². The zero-order valence-corrected chi connectivity index (χ0v) is 9.00. The highest BCUT2D eigenvalue weighted by Gasteiger charge is 2.11. The van der Waals surface area contributed by atoms with Crippen molar-refractivity contribution in [3.05, 3.63) is 0 Å². The van der Waals surface area contributed by atoms with Crippen LogP contribution < -0.4 is 5.32 Å². The number of nitrogens with one attached hydrogen (secondary N) is 1. The van der Waals surface area contributed by atoms with E-state index < -0.39 is 0 Å². The number of piperidine rings is 1. The summed E-state index contributed by atoms with van der Waals surface area (Å²) in [6.45, 7) is 3.12. The van der Waals surface area contributed by atoms with E-state index in [0.29, 0.717) is 6.04 Å². The molecule has 0 saturated carbocycles. The van der Waals surface area contributed by atoms with Gasteiger partial charge in [-0.2, -0.15) is 0 Å². The lowest BCUT2D eigenvalue weighted by atomic mass is 10.0. The van der Waals surface area contributed by atoms with Gasteiger partial charge < -0.3 is 15.2 Å². The van der Waals surface area contributed by atoms with Crippen LogP contribution >= 0.6 is 0 Å². The van der Waals surface area contributed by atoms with Crippen LogP contribution in [0.1, 0.15) is 38.5 Å². The molecule has 14 heavy (non-hydrogen) atoms. The smallest absolute Gasteiger partial charge is 0.0480 e. The Kier molecular flexibility index (Phi) is 7.01. The van der Waals surface area contributed by atoms with Crippen molar-refractivity contribution in [1.29, 1.82) is 0 Å². The van der Waals surface area contributed by atoms with Crippen LogP contribution in [0.5, 0.6) is 0 Å². The van der Waals surface area contributed by atoms with Crippen LogP contribution in [0.4, 0.5) is 0 Å². The Hall–Kier alpha value is -0.120. The summed E-state index contributed by atoms with van der Waals surface area (Å²) in [5.41, 5.74) is 0. The van der Waals surface area contributed by atoms with Crippen LogP contribution in [-0.2, 0) is 4.74 Å². The fourth-order valence-electron chi connectivity index (χ4n) is 1.81. The zero-order valence-electron chi connectivity index (χ0n) is 9.00. The van der Waals surface area contributed by atoms with E-state index in [1.807, 2.05) is 0 Å². The van der Waals surface area contributed by atoms with E-state index in [4.69, 9.17) is 9.84 Å². The number of aliphatic hydroxyl groups excluding tert-OH is 1. The lowest BCUT2D eigenvalue weighted by Gasteiger charge is -2.23. The van der Waals surface area contributed by atoms with E-state index in [1.54, 1.807) is 0 Å². The van der Waals surface area contributed by atoms with Crippen molar-refractivity contribution >= 4 is 0 Å². The van der Waals surface area contributed by atoms with E-state index in [-0.39, 0.29) is 6.61 Å². The van der Waals surface area contributed by atoms with Crippen LogP contribution in [-0.4, -0.2) is 37.5 Å². The second-order valence-electron chi connectivity index (χ2n) is 3.98. The molecule has 0 bridgehead atoms. The van der Waals surface area contributed by atoms with Crippen molar-refractivity contribution in [2.75, 3.05) is 26.4 Å². The molecule has 3 heteroatoms. The third-order valence-corrected chi connectivity index (χ3v) is 2.72. The topological polar surface area (TPSA) is 41.5 Å². The highest BCUT2D eigenvalue weighted by molar-refractivity contribution is 4.71. The van der Waals surface area contributed by atoms with Crippen molar-refractivity contribution in [2.24, 2.45) is 0 Å². The van der Waals surface area contributed by atoms with E-state index >= 15 is 0 Å². The number of unbranched alkanes of at least 4 members (excludes halogenated alkanes) is 1. The minimum Gasteiger partial charge on any atom is -0.396 e. The molecule has 1 saturated heterocycles. The fraction of sp³-hybridized carbons (Fsp3) is 1.00. The molecular formula is C11H23NO2. The fourth-order valence-corrected chi connectivity index (χ4v) is 1.81. The molecule has 0 aliphatic carbocycles. The van der Waals surface area contributed by atoms with Crippen molar-refractivity contribution in [1.82, 2.24) is 5.32 Å². The van der Waals surface area contributed by atoms with Gasteiger partial charge in [-0.05, 0) is 38.6 Å². The number of rotatable bonds is 7. The summed E-state index contributed by atoms with van der Waals surface area (Å²) in [5, 5.41) is 12.1. The van der Waals surface area contributed by atoms with Gasteiger partial charge in [-0.15, -0.1) is 0 Å². The van der Waals surface area contributed by atoms with Crippen LogP contribution in [0.2, 0.25) is 0 Å². The molecular weight excluding hydrogens is 178 g/mol. The van der Waals surface area contributed by atoms with Gasteiger partial charge in [0.05, 0.1) is 0 Å². The summed E-state index contributed by atoms with van der Waals surface area (Å²) < 4.78 is 5.49. The molecule has 0 aromatic carbocycles. The van der Waals surface area contributed by atoms with Gasteiger partial charge >= 0.3 is 0 Å². The molecule has 1 aliphatic rings. The summed E-state index contributed by atoms with van der Waals surface area (Å²) in [6.07, 6.45) is 6.98. The molecule has 0 aromatic rings. The predicted octanol–water partition coefficient (Wildman–Crippen LogP) is 1.31. The molecule has 1 rings (SSSR count). The molecule has 1 aliphatic heterocycles. The molecule has 2 N–H and O–H groups in total. The van der Waals surface area contributed by atoms with E-state index in [2.05, 4.69) is 5.32 Å². The zero-order chi connectivity index (χ0) is 10.1. The normalized spacial score (nSPS) is 22.5. The lowest BCUT2D eigenvalue weighted by Crippen LogP contribution is -2.34. The maximum Gasteiger partial charge on any atom is 0.0480 e. The monoisotopic (exact) mass is 201 g/mol. The number of hydrogen-bond acceptors (Lipinski definition) is 3. The molecule has 84 valence electrons. The molecule has 1 fully saturated rings. The van der Waals surface area contributed by atoms with Gasteiger partial charge in [0.15, 0.2) is 0 Å². The maximum absolute atomic E-state index is 8.56. The first-order valence-electron chi connectivity index (χ1n) is 5.85. The summed E-state index contributed by atoms with van der Waals surface area (Å²) in [6, 6.07) is 0.682. The Morgan fingerprint density at radius 3 is 2.86 bits per heavy atom. The van der Waals surface area contributed by atoms with Crippen molar-refractivity contribution < 1.29 is 9.84 Å². The second-order valence-corrected chi connectivity index (χ2v) is 3.98. The first-order chi connectivity index (χ1) is 6.93. The number of aliphatic hydroxyl groups is 1. The SMILES string of the molecule is OCCCCOCCC1CCCCN1. The Balaban J connectivity index is 1.82. The maximum atomic E-state index is 8.56. The average molecular weight is 201 g/mol. The lowest BCUT2D eigenvalue weighted by molar-refractivity contribution is 0.113. The molecule has 1 unspecified atom stereocenters. The Labute approximate surface area is 86.8 Å². The second kappa shape index (κ2) is 8.21.